The van der Waals surface area contributed by atoms with Gasteiger partial charge in [-0.2, -0.15) is 0 Å². The molecule has 0 atom stereocenters. The fourth-order valence-corrected chi connectivity index (χ4v) is 3.31. The van der Waals surface area contributed by atoms with Gasteiger partial charge >= 0.3 is 7.47 Å². The van der Waals surface area contributed by atoms with Gasteiger partial charge in [0.05, 0.1) is 11.4 Å². The molecule has 4 aromatic rings. The number of benzene rings is 2. The Morgan fingerprint density at radius 1 is 0.706 bits per heavy atom. The van der Waals surface area contributed by atoms with Crippen molar-refractivity contribution in [2.45, 2.75) is 0 Å². The molecule has 0 saturated heterocycles. The third-order valence-electron chi connectivity index (χ3n) is 4.86. The van der Waals surface area contributed by atoms with Gasteiger partial charge in [0.15, 0.2) is 23.3 Å². The number of nitrogens with one attached hydrogen (secondary N) is 2. The van der Waals surface area contributed by atoms with Crippen LogP contribution in [-0.2, 0) is 4.65 Å². The molecule has 11 heteroatoms. The molecular formula is C23H13BF6N2O2. The Hall–Kier alpha value is -4.15. The Labute approximate surface area is 189 Å². The molecule has 2 heterocycles. The van der Waals surface area contributed by atoms with Gasteiger partial charge in [0.1, 0.15) is 17.1 Å². The van der Waals surface area contributed by atoms with E-state index in [1.165, 1.54) is 36.4 Å². The van der Waals surface area contributed by atoms with Crippen LogP contribution in [0, 0.1) is 23.3 Å². The second-order valence-electron chi connectivity index (χ2n) is 6.99. The van der Waals surface area contributed by atoms with Crippen LogP contribution < -0.4 is 0 Å². The van der Waals surface area contributed by atoms with Crippen molar-refractivity contribution in [2.24, 2.45) is 0 Å². The van der Waals surface area contributed by atoms with E-state index < -0.39 is 53.7 Å². The first-order valence-electron chi connectivity index (χ1n) is 9.74. The van der Waals surface area contributed by atoms with Crippen molar-refractivity contribution >= 4 is 19.0 Å². The summed E-state index contributed by atoms with van der Waals surface area (Å²) in [5, 5.41) is 0. The lowest BCUT2D eigenvalue weighted by Crippen LogP contribution is -2.08. The van der Waals surface area contributed by atoms with Crippen molar-refractivity contribution in [1.82, 2.24) is 9.97 Å². The third-order valence-corrected chi connectivity index (χ3v) is 4.86. The third kappa shape index (κ3) is 4.36. The maximum Gasteiger partial charge on any atom is 0.796 e. The van der Waals surface area contributed by atoms with Crippen molar-refractivity contribution in [3.05, 3.63) is 101 Å². The van der Waals surface area contributed by atoms with Gasteiger partial charge in [0.2, 0.25) is 5.78 Å². The van der Waals surface area contributed by atoms with E-state index in [4.69, 9.17) is 0 Å². The van der Waals surface area contributed by atoms with Crippen LogP contribution in [0.15, 0.2) is 66.7 Å². The van der Waals surface area contributed by atoms with Gasteiger partial charge in [0, 0.05) is 17.2 Å². The smallest absolute Gasteiger partial charge is 0.503 e. The Kier molecular flexibility index (Phi) is 6.35. The summed E-state index contributed by atoms with van der Waals surface area (Å²) in [5.41, 5.74) is -2.14. The highest BCUT2D eigenvalue weighted by atomic mass is 19.2. The zero-order valence-corrected chi connectivity index (χ0v) is 17.0. The normalized spacial score (nSPS) is 11.5. The van der Waals surface area contributed by atoms with Crippen molar-refractivity contribution in [1.29, 1.82) is 0 Å². The molecule has 0 fully saturated rings. The zero-order chi connectivity index (χ0) is 24.4. The first kappa shape index (κ1) is 23.0. The number of halogens is 6. The fraction of sp³-hybridized carbons (Fsp3) is 0. The number of ketones is 1. The molecule has 0 radical (unpaired) electrons. The van der Waals surface area contributed by atoms with Crippen LogP contribution in [0.3, 0.4) is 0 Å². The van der Waals surface area contributed by atoms with Crippen LogP contribution in [0.4, 0.5) is 26.2 Å². The maximum absolute atomic E-state index is 14.6. The van der Waals surface area contributed by atoms with Gasteiger partial charge in [-0.1, -0.05) is 60.7 Å². The first-order valence-corrected chi connectivity index (χ1v) is 9.74. The maximum atomic E-state index is 14.6. The Morgan fingerprint density at radius 3 is 1.62 bits per heavy atom. The van der Waals surface area contributed by atoms with Gasteiger partial charge in [0.25, 0.3) is 0 Å². The molecule has 4 nitrogen and oxygen atoms in total. The van der Waals surface area contributed by atoms with Crippen molar-refractivity contribution in [3.63, 3.8) is 0 Å². The monoisotopic (exact) mass is 474 g/mol. The van der Waals surface area contributed by atoms with E-state index in [1.807, 2.05) is 0 Å². The molecule has 0 saturated carbocycles. The molecule has 0 unspecified atom stereocenters. The van der Waals surface area contributed by atoms with Crippen LogP contribution in [0.1, 0.15) is 16.2 Å². The minimum Gasteiger partial charge on any atom is -0.503 e. The molecular weight excluding hydrogens is 461 g/mol. The molecule has 0 aliphatic heterocycles. The lowest BCUT2D eigenvalue weighted by atomic mass is 10.1. The second kappa shape index (κ2) is 9.38. The average Bonchev–Trinajstić information content (AvgIpc) is 3.30. The van der Waals surface area contributed by atoms with Crippen LogP contribution in [0.25, 0.3) is 28.3 Å². The highest BCUT2D eigenvalue weighted by molar-refractivity contribution is 6.36. The lowest BCUT2D eigenvalue weighted by Gasteiger charge is -2.07. The van der Waals surface area contributed by atoms with Crippen molar-refractivity contribution in [2.75, 3.05) is 0 Å². The van der Waals surface area contributed by atoms with E-state index in [0.29, 0.717) is 6.08 Å². The van der Waals surface area contributed by atoms with Gasteiger partial charge in [-0.3, -0.25) is 4.79 Å². The van der Waals surface area contributed by atoms with Crippen molar-refractivity contribution in [3.8, 4) is 22.5 Å². The summed E-state index contributed by atoms with van der Waals surface area (Å²) in [6, 6.07) is 15.2. The number of aromatic amines is 2. The molecule has 0 spiro atoms. The van der Waals surface area contributed by atoms with E-state index in [9.17, 15) is 31.0 Å². The molecule has 0 bridgehead atoms. The molecule has 172 valence electrons. The summed E-state index contributed by atoms with van der Waals surface area (Å²) in [6.07, 6.45) is 0.318. The standard InChI is InChI=1S/C23H13BF6N2O2/c25-16-18(27)22(31-20(16)12-7-3-1-4-8-12)14(33)11-15(34-24(29)30)23-19(28)17(26)21(32-23)13-9-5-2-6-10-13/h1-11,31-32H/b15-11+. The van der Waals surface area contributed by atoms with Gasteiger partial charge in [-0.15, -0.1) is 0 Å². The number of hydrogen-bond acceptors (Lipinski definition) is 2. The number of rotatable bonds is 7. The van der Waals surface area contributed by atoms with Crippen LogP contribution in [-0.4, -0.2) is 23.2 Å². The van der Waals surface area contributed by atoms with E-state index in [-0.39, 0.29) is 22.5 Å². The van der Waals surface area contributed by atoms with E-state index in [0.717, 1.165) is 0 Å². The largest absolute Gasteiger partial charge is 0.796 e. The SMILES string of the molecule is O=C(/C=C(/OB(F)F)c1[nH]c(-c2ccccc2)c(F)c1F)c1[nH]c(-c2ccccc2)c(F)c1F. The number of carbonyl (C=O) groups is 1. The quantitative estimate of drug-likeness (QED) is 0.107. The average molecular weight is 474 g/mol. The zero-order valence-electron chi connectivity index (χ0n) is 17.0. The number of carbonyl (C=O) groups excluding carboxylic acids is 1. The van der Waals surface area contributed by atoms with Crippen LogP contribution >= 0.6 is 0 Å². The summed E-state index contributed by atoms with van der Waals surface area (Å²) in [7, 11) is -3.53. The minimum absolute atomic E-state index is 0.192. The highest BCUT2D eigenvalue weighted by Crippen LogP contribution is 2.31. The number of aromatic nitrogens is 2. The summed E-state index contributed by atoms with van der Waals surface area (Å²) >= 11 is 0. The Bertz CT molecular complexity index is 1370. The summed E-state index contributed by atoms with van der Waals surface area (Å²) in [4.78, 5) is 17.2. The van der Waals surface area contributed by atoms with E-state index in [1.54, 1.807) is 24.3 Å². The number of allylic oxidation sites excluding steroid dienone is 1. The van der Waals surface area contributed by atoms with E-state index in [2.05, 4.69) is 14.6 Å². The van der Waals surface area contributed by atoms with Gasteiger partial charge < -0.3 is 14.6 Å². The fourth-order valence-electron chi connectivity index (χ4n) is 3.31. The summed E-state index contributed by atoms with van der Waals surface area (Å²) in [6.45, 7) is 0. The molecule has 2 N–H and O–H groups in total. The molecule has 0 aliphatic carbocycles. The lowest BCUT2D eigenvalue weighted by molar-refractivity contribution is 0.103. The van der Waals surface area contributed by atoms with E-state index >= 15 is 0 Å². The summed E-state index contributed by atoms with van der Waals surface area (Å²) < 4.78 is 88.2. The molecule has 2 aromatic carbocycles. The van der Waals surface area contributed by atoms with Crippen molar-refractivity contribution < 1.29 is 35.6 Å². The molecule has 0 amide bonds. The van der Waals surface area contributed by atoms with Crippen LogP contribution in [0.5, 0.6) is 0 Å². The number of hydrogen-bond donors (Lipinski definition) is 2. The number of H-pyrrole nitrogens is 2. The predicted molar refractivity (Wildman–Crippen MR) is 114 cm³/mol. The minimum atomic E-state index is -3.53. The molecule has 34 heavy (non-hydrogen) atoms. The first-order chi connectivity index (χ1) is 16.3. The highest BCUT2D eigenvalue weighted by Gasteiger charge is 2.29. The molecule has 4 rings (SSSR count). The van der Waals surface area contributed by atoms with Gasteiger partial charge in [-0.05, 0) is 0 Å². The molecule has 0 aliphatic rings. The van der Waals surface area contributed by atoms with Gasteiger partial charge in [-0.25, -0.2) is 26.2 Å². The Balaban J connectivity index is 1.77. The molecule has 2 aromatic heterocycles. The topological polar surface area (TPSA) is 57.9 Å². The second-order valence-corrected chi connectivity index (χ2v) is 6.99. The van der Waals surface area contributed by atoms with Crippen LogP contribution in [0.2, 0.25) is 0 Å². The Morgan fingerprint density at radius 2 is 1.15 bits per heavy atom. The predicted octanol–water partition coefficient (Wildman–Crippen LogP) is 6.40. The summed E-state index contributed by atoms with van der Waals surface area (Å²) in [5.74, 6) is -8.39.